The van der Waals surface area contributed by atoms with Crippen molar-refractivity contribution in [1.29, 1.82) is 0 Å². The molecule has 0 spiro atoms. The molecule has 238 valence electrons. The first kappa shape index (κ1) is 34.2. The Kier molecular flexibility index (Phi) is 12.0. The van der Waals surface area contributed by atoms with Crippen LogP contribution < -0.4 is 23.8 Å². The fraction of sp³-hybridized carbons (Fsp3) is 0.394. The first-order chi connectivity index (χ1) is 21.0. The molecule has 0 saturated heterocycles. The smallest absolute Gasteiger partial charge is 0.264 e. The number of hydrogen-bond donors (Lipinski definition) is 1. The van der Waals surface area contributed by atoms with E-state index in [9.17, 15) is 18.0 Å². The number of hydrogen-bond acceptors (Lipinski definition) is 7. The maximum atomic E-state index is 14.3. The van der Waals surface area contributed by atoms with E-state index in [4.69, 9.17) is 14.2 Å². The molecule has 10 nitrogen and oxygen atoms in total. The third kappa shape index (κ3) is 8.22. The molecule has 0 aliphatic heterocycles. The normalized spacial score (nSPS) is 12.5. The number of carbonyl (C=O) groups excluding carboxylic acids is 2. The van der Waals surface area contributed by atoms with Crippen LogP contribution in [-0.2, 0) is 26.2 Å². The standard InChI is InChI=1S/C33H43N3O7S/c1-8-24(4)34-33(38)29(9-2)35(21-25-12-15-27(41-5)16-13-25)32(37)22-36(26-14-19-30(42-6)31(20-26)43-7)44(39,40)28-17-10-23(3)11-18-28/h10-20,24,29H,8-9,21-22H2,1-7H3,(H,34,38)/t24-,29+/m0/s1. The number of nitrogens with zero attached hydrogens (tertiary/aromatic N) is 2. The molecule has 3 aromatic rings. The van der Waals surface area contributed by atoms with Gasteiger partial charge in [-0.3, -0.25) is 13.9 Å². The van der Waals surface area contributed by atoms with Gasteiger partial charge in [0, 0.05) is 18.7 Å². The van der Waals surface area contributed by atoms with Crippen molar-refractivity contribution in [1.82, 2.24) is 10.2 Å². The summed E-state index contributed by atoms with van der Waals surface area (Å²) in [7, 11) is 0.264. The average Bonchev–Trinajstić information content (AvgIpc) is 3.03. The number of amides is 2. The number of aryl methyl sites for hydroxylation is 1. The third-order valence-corrected chi connectivity index (χ3v) is 9.23. The van der Waals surface area contributed by atoms with Crippen molar-refractivity contribution >= 4 is 27.5 Å². The van der Waals surface area contributed by atoms with Gasteiger partial charge in [0.25, 0.3) is 10.0 Å². The highest BCUT2D eigenvalue weighted by Gasteiger charge is 2.34. The van der Waals surface area contributed by atoms with Crippen LogP contribution in [0.3, 0.4) is 0 Å². The molecule has 2 atom stereocenters. The number of methoxy groups -OCH3 is 3. The molecule has 0 saturated carbocycles. The minimum absolute atomic E-state index is 0.0222. The van der Waals surface area contributed by atoms with E-state index < -0.39 is 28.5 Å². The van der Waals surface area contributed by atoms with Gasteiger partial charge in [0.05, 0.1) is 31.9 Å². The topological polar surface area (TPSA) is 114 Å². The summed E-state index contributed by atoms with van der Waals surface area (Å²) in [4.78, 5) is 29.2. The van der Waals surface area contributed by atoms with Gasteiger partial charge in [-0.25, -0.2) is 8.42 Å². The molecule has 11 heteroatoms. The first-order valence-corrected chi connectivity index (χ1v) is 16.0. The first-order valence-electron chi connectivity index (χ1n) is 14.5. The van der Waals surface area contributed by atoms with E-state index >= 15 is 0 Å². The number of carbonyl (C=O) groups is 2. The van der Waals surface area contributed by atoms with Crippen LogP contribution in [0.15, 0.2) is 71.6 Å². The Bertz CT molecular complexity index is 1510. The third-order valence-electron chi connectivity index (χ3n) is 7.44. The molecule has 0 aliphatic carbocycles. The van der Waals surface area contributed by atoms with Crippen molar-refractivity contribution < 1.29 is 32.2 Å². The average molecular weight is 626 g/mol. The van der Waals surface area contributed by atoms with Crippen molar-refractivity contribution in [2.75, 3.05) is 32.2 Å². The quantitative estimate of drug-likeness (QED) is 0.255. The van der Waals surface area contributed by atoms with Gasteiger partial charge in [-0.05, 0) is 68.7 Å². The molecule has 0 fully saturated rings. The fourth-order valence-electron chi connectivity index (χ4n) is 4.63. The summed E-state index contributed by atoms with van der Waals surface area (Å²) in [5.74, 6) is 0.511. The molecule has 3 rings (SSSR count). The van der Waals surface area contributed by atoms with Crippen LogP contribution in [0.5, 0.6) is 17.2 Å². The molecule has 3 aromatic carbocycles. The predicted octanol–water partition coefficient (Wildman–Crippen LogP) is 4.94. The summed E-state index contributed by atoms with van der Waals surface area (Å²) in [6.07, 6.45) is 1.04. The van der Waals surface area contributed by atoms with Crippen LogP contribution in [0.2, 0.25) is 0 Å². The van der Waals surface area contributed by atoms with Gasteiger partial charge in [-0.1, -0.05) is 43.7 Å². The lowest BCUT2D eigenvalue weighted by atomic mass is 10.1. The Morgan fingerprint density at radius 3 is 2.02 bits per heavy atom. The van der Waals surface area contributed by atoms with Crippen LogP contribution in [-0.4, -0.2) is 65.1 Å². The lowest BCUT2D eigenvalue weighted by Gasteiger charge is -2.34. The van der Waals surface area contributed by atoms with E-state index in [0.717, 1.165) is 21.9 Å². The second-order valence-electron chi connectivity index (χ2n) is 10.5. The maximum Gasteiger partial charge on any atom is 0.264 e. The number of anilines is 1. The van der Waals surface area contributed by atoms with E-state index in [0.29, 0.717) is 23.7 Å². The summed E-state index contributed by atoms with van der Waals surface area (Å²) in [5, 5.41) is 2.98. The Morgan fingerprint density at radius 2 is 1.48 bits per heavy atom. The van der Waals surface area contributed by atoms with Crippen molar-refractivity contribution in [2.45, 2.75) is 64.1 Å². The predicted molar refractivity (Wildman–Crippen MR) is 171 cm³/mol. The molecular weight excluding hydrogens is 582 g/mol. The Labute approximate surface area is 261 Å². The molecule has 2 amide bonds. The molecule has 0 bridgehead atoms. The molecular formula is C33H43N3O7S. The second-order valence-corrected chi connectivity index (χ2v) is 12.3. The molecule has 0 aromatic heterocycles. The van der Waals surface area contributed by atoms with E-state index in [1.54, 1.807) is 43.5 Å². The lowest BCUT2D eigenvalue weighted by molar-refractivity contribution is -0.140. The van der Waals surface area contributed by atoms with E-state index in [1.807, 2.05) is 39.8 Å². The van der Waals surface area contributed by atoms with Gasteiger partial charge in [0.1, 0.15) is 18.3 Å². The van der Waals surface area contributed by atoms with Crippen molar-refractivity contribution in [3.05, 3.63) is 77.9 Å². The molecule has 0 heterocycles. The Hall–Kier alpha value is -4.25. The largest absolute Gasteiger partial charge is 0.497 e. The molecule has 44 heavy (non-hydrogen) atoms. The maximum absolute atomic E-state index is 14.3. The number of ether oxygens (including phenoxy) is 3. The summed E-state index contributed by atoms with van der Waals surface area (Å²) in [6.45, 7) is 7.06. The molecule has 0 radical (unpaired) electrons. The van der Waals surface area contributed by atoms with Gasteiger partial charge >= 0.3 is 0 Å². The number of benzene rings is 3. The molecule has 0 unspecified atom stereocenters. The van der Waals surface area contributed by atoms with Crippen LogP contribution in [0.25, 0.3) is 0 Å². The summed E-state index contributed by atoms with van der Waals surface area (Å²) in [5.41, 5.74) is 1.85. The fourth-order valence-corrected chi connectivity index (χ4v) is 6.04. The van der Waals surface area contributed by atoms with E-state index in [-0.39, 0.29) is 29.1 Å². The number of rotatable bonds is 15. The molecule has 0 aliphatic rings. The summed E-state index contributed by atoms with van der Waals surface area (Å²) >= 11 is 0. The van der Waals surface area contributed by atoms with Crippen LogP contribution in [0.4, 0.5) is 5.69 Å². The van der Waals surface area contributed by atoms with Gasteiger partial charge in [0.15, 0.2) is 11.5 Å². The minimum Gasteiger partial charge on any atom is -0.497 e. The Balaban J connectivity index is 2.11. The van der Waals surface area contributed by atoms with Gasteiger partial charge in [-0.15, -0.1) is 0 Å². The highest BCUT2D eigenvalue weighted by Crippen LogP contribution is 2.34. The van der Waals surface area contributed by atoms with Crippen molar-refractivity contribution in [3.63, 3.8) is 0 Å². The monoisotopic (exact) mass is 625 g/mol. The molecule has 1 N–H and O–H groups in total. The Morgan fingerprint density at radius 1 is 0.841 bits per heavy atom. The lowest BCUT2D eigenvalue weighted by Crippen LogP contribution is -2.53. The number of nitrogens with one attached hydrogen (secondary N) is 1. The van der Waals surface area contributed by atoms with Gasteiger partial charge < -0.3 is 24.4 Å². The summed E-state index contributed by atoms with van der Waals surface area (Å²) < 4.78 is 45.4. The SMILES string of the molecule is CC[C@H](C(=O)N[C@@H](C)CC)N(Cc1ccc(OC)cc1)C(=O)CN(c1ccc(OC)c(OC)c1)S(=O)(=O)c1ccc(C)cc1. The zero-order chi connectivity index (χ0) is 32.4. The van der Waals surface area contributed by atoms with Crippen LogP contribution in [0.1, 0.15) is 44.7 Å². The second kappa shape index (κ2) is 15.5. The highest BCUT2D eigenvalue weighted by molar-refractivity contribution is 7.92. The van der Waals surface area contributed by atoms with E-state index in [1.165, 1.54) is 37.3 Å². The van der Waals surface area contributed by atoms with Crippen molar-refractivity contribution in [2.24, 2.45) is 0 Å². The van der Waals surface area contributed by atoms with Crippen molar-refractivity contribution in [3.8, 4) is 17.2 Å². The van der Waals surface area contributed by atoms with Gasteiger partial charge in [0.2, 0.25) is 11.8 Å². The van der Waals surface area contributed by atoms with E-state index in [2.05, 4.69) is 5.32 Å². The zero-order valence-corrected chi connectivity index (χ0v) is 27.3. The highest BCUT2D eigenvalue weighted by atomic mass is 32.2. The summed E-state index contributed by atoms with van der Waals surface area (Å²) in [6, 6.07) is 17.3. The van der Waals surface area contributed by atoms with Crippen LogP contribution in [0, 0.1) is 6.92 Å². The van der Waals surface area contributed by atoms with Crippen LogP contribution >= 0.6 is 0 Å². The minimum atomic E-state index is -4.23. The van der Waals surface area contributed by atoms with Gasteiger partial charge in [-0.2, -0.15) is 0 Å². The zero-order valence-electron chi connectivity index (χ0n) is 26.5. The number of sulfonamides is 1.